The van der Waals surface area contributed by atoms with E-state index in [1.54, 1.807) is 10.00 Å². The van der Waals surface area contributed by atoms with Gasteiger partial charge in [-0.2, -0.15) is 31.4 Å². The molecule has 1 amide bonds. The highest BCUT2D eigenvalue weighted by atomic mass is 19.4. The van der Waals surface area contributed by atoms with Gasteiger partial charge in [0.1, 0.15) is 12.4 Å². The zero-order valence-electron chi connectivity index (χ0n) is 21.6. The summed E-state index contributed by atoms with van der Waals surface area (Å²) in [7, 11) is 0. The Bertz CT molecular complexity index is 1220. The lowest BCUT2D eigenvalue weighted by Crippen LogP contribution is -2.55. The van der Waals surface area contributed by atoms with Crippen molar-refractivity contribution in [1.29, 1.82) is 0 Å². The average molecular weight is 578 g/mol. The van der Waals surface area contributed by atoms with E-state index in [2.05, 4.69) is 10.1 Å². The van der Waals surface area contributed by atoms with Crippen molar-refractivity contribution in [2.24, 2.45) is 0 Å². The molecular weight excluding hydrogens is 548 g/mol. The number of alkyl halides is 6. The van der Waals surface area contributed by atoms with E-state index in [0.717, 1.165) is 24.9 Å². The molecule has 0 spiro atoms. The molecule has 2 aliphatic rings. The van der Waals surface area contributed by atoms with Crippen LogP contribution in [-0.4, -0.2) is 70.5 Å². The molecule has 3 atom stereocenters. The van der Waals surface area contributed by atoms with Crippen molar-refractivity contribution in [1.82, 2.24) is 20.1 Å². The molecule has 2 aromatic heterocycles. The lowest BCUT2D eigenvalue weighted by Gasteiger charge is -2.42. The Morgan fingerprint density at radius 2 is 1.85 bits per heavy atom. The van der Waals surface area contributed by atoms with Crippen molar-refractivity contribution in [2.75, 3.05) is 31.1 Å². The Kier molecular flexibility index (Phi) is 8.90. The number of hydrogen-bond donors (Lipinski definition) is 1. The summed E-state index contributed by atoms with van der Waals surface area (Å²) in [5.41, 5.74) is -3.71. The molecule has 1 unspecified atom stereocenters. The Morgan fingerprint density at radius 1 is 1.10 bits per heavy atom. The predicted octanol–water partition coefficient (Wildman–Crippen LogP) is 4.04. The van der Waals surface area contributed by atoms with Crippen molar-refractivity contribution in [3.63, 3.8) is 0 Å². The number of rotatable bonds is 8. The largest absolute Gasteiger partial charge is 0.488 e. The van der Waals surface area contributed by atoms with Crippen LogP contribution in [0.4, 0.5) is 32.2 Å². The summed E-state index contributed by atoms with van der Waals surface area (Å²) in [6.07, 6.45) is -6.25. The number of pyridine rings is 1. The van der Waals surface area contributed by atoms with Gasteiger partial charge in [0.15, 0.2) is 11.3 Å². The molecule has 0 aromatic carbocycles. The molecule has 1 N–H and O–H groups in total. The van der Waals surface area contributed by atoms with Crippen LogP contribution in [0.25, 0.3) is 0 Å². The van der Waals surface area contributed by atoms with Gasteiger partial charge >= 0.3 is 12.4 Å². The number of amides is 1. The number of aromatic amines is 1. The molecule has 0 aliphatic carbocycles. The highest BCUT2D eigenvalue weighted by Crippen LogP contribution is 2.34. The van der Waals surface area contributed by atoms with Crippen molar-refractivity contribution in [2.45, 2.75) is 69.6 Å². The number of carbonyl (C=O) groups is 1. The molecular formula is C25H29F6N5O4. The monoisotopic (exact) mass is 577 g/mol. The van der Waals surface area contributed by atoms with Gasteiger partial charge in [0.05, 0.1) is 30.4 Å². The highest BCUT2D eigenvalue weighted by Gasteiger charge is 2.39. The molecule has 15 heteroatoms. The summed E-state index contributed by atoms with van der Waals surface area (Å²) in [4.78, 5) is 32.3. The molecule has 40 heavy (non-hydrogen) atoms. The first-order valence-electron chi connectivity index (χ1n) is 12.9. The summed E-state index contributed by atoms with van der Waals surface area (Å²) in [5.74, 6) is -0.419. The minimum atomic E-state index is -4.92. The van der Waals surface area contributed by atoms with E-state index < -0.39 is 47.0 Å². The number of nitrogens with zero attached hydrogens (tertiary/aromatic N) is 4. The Labute approximate surface area is 225 Å². The van der Waals surface area contributed by atoms with Crippen molar-refractivity contribution < 1.29 is 40.6 Å². The molecule has 0 saturated carbocycles. The number of anilines is 1. The normalized spacial score (nSPS) is 22.0. The highest BCUT2D eigenvalue weighted by molar-refractivity contribution is 5.77. The van der Waals surface area contributed by atoms with E-state index >= 15 is 0 Å². The lowest BCUT2D eigenvalue weighted by molar-refractivity contribution is -0.141. The number of piperazine rings is 1. The summed E-state index contributed by atoms with van der Waals surface area (Å²) in [6, 6.07) is 2.22. The Balaban J connectivity index is 1.30. The number of nitrogens with one attached hydrogen (secondary N) is 1. The van der Waals surface area contributed by atoms with Crippen LogP contribution in [-0.2, 0) is 21.9 Å². The fourth-order valence-corrected chi connectivity index (χ4v) is 5.01. The summed E-state index contributed by atoms with van der Waals surface area (Å²) in [5, 5.41) is 5.10. The maximum atomic E-state index is 13.2. The van der Waals surface area contributed by atoms with Crippen molar-refractivity contribution in [3.8, 4) is 5.75 Å². The van der Waals surface area contributed by atoms with Crippen LogP contribution in [0, 0.1) is 0 Å². The third-order valence-electron chi connectivity index (χ3n) is 6.95. The predicted molar refractivity (Wildman–Crippen MR) is 130 cm³/mol. The number of halogens is 6. The van der Waals surface area contributed by atoms with Gasteiger partial charge in [-0.1, -0.05) is 13.3 Å². The molecule has 0 radical (unpaired) electrons. The van der Waals surface area contributed by atoms with Gasteiger partial charge in [-0.05, 0) is 31.4 Å². The molecule has 2 saturated heterocycles. The number of aromatic nitrogens is 3. The Hall–Kier alpha value is -3.36. The number of H-pyrrole nitrogens is 1. The van der Waals surface area contributed by atoms with E-state index in [0.29, 0.717) is 44.7 Å². The van der Waals surface area contributed by atoms with Crippen LogP contribution in [0.2, 0.25) is 0 Å². The van der Waals surface area contributed by atoms with Crippen LogP contribution in [0.3, 0.4) is 0 Å². The van der Waals surface area contributed by atoms with Crippen molar-refractivity contribution in [3.05, 3.63) is 46.0 Å². The SMILES string of the molecule is CCCC1CN(C(=O)C[C@@H]2CC[C@@H](COc3cn[nH]c(=O)c3C(F)(F)F)O2)CCN1c1ccc(C(F)(F)F)cn1. The van der Waals surface area contributed by atoms with Crippen LogP contribution < -0.4 is 15.2 Å². The van der Waals surface area contributed by atoms with Crippen LogP contribution in [0.5, 0.6) is 5.75 Å². The van der Waals surface area contributed by atoms with E-state index in [1.807, 2.05) is 11.8 Å². The number of ether oxygens (including phenoxy) is 2. The van der Waals surface area contributed by atoms with Crippen molar-refractivity contribution >= 4 is 11.7 Å². The summed E-state index contributed by atoms with van der Waals surface area (Å²) in [6.45, 7) is 2.88. The smallest absolute Gasteiger partial charge is 0.425 e. The summed E-state index contributed by atoms with van der Waals surface area (Å²) >= 11 is 0. The zero-order valence-corrected chi connectivity index (χ0v) is 21.6. The first-order valence-corrected chi connectivity index (χ1v) is 12.9. The number of carbonyl (C=O) groups excluding carboxylic acids is 1. The molecule has 4 heterocycles. The molecule has 9 nitrogen and oxygen atoms in total. The second-order valence-corrected chi connectivity index (χ2v) is 9.79. The minimum Gasteiger partial charge on any atom is -0.488 e. The van der Waals surface area contributed by atoms with E-state index in [-0.39, 0.29) is 25.0 Å². The molecule has 0 bridgehead atoms. The third kappa shape index (κ3) is 7.04. The maximum absolute atomic E-state index is 13.2. The zero-order chi connectivity index (χ0) is 29.1. The molecule has 2 fully saturated rings. The van der Waals surface area contributed by atoms with E-state index in [9.17, 15) is 35.9 Å². The average Bonchev–Trinajstić information content (AvgIpc) is 3.33. The van der Waals surface area contributed by atoms with Gasteiger partial charge in [-0.25, -0.2) is 10.1 Å². The first kappa shape index (κ1) is 29.6. The standard InChI is InChI=1S/C25H29F6N5O4/c1-2-3-16-13-35(8-9-36(16)20-7-4-15(11-32-20)24(26,27)28)21(37)10-17-5-6-18(40-17)14-39-19-12-33-34-23(38)22(19)25(29,30)31/h4,7,11-12,16-18H,2-3,5-6,8-10,13-14H2,1H3,(H,34,38)/t16?,17-,18-/m0/s1. The minimum absolute atomic E-state index is 0.0776. The maximum Gasteiger partial charge on any atom is 0.425 e. The van der Waals surface area contributed by atoms with Gasteiger partial charge < -0.3 is 19.3 Å². The Morgan fingerprint density at radius 3 is 2.50 bits per heavy atom. The van der Waals surface area contributed by atoms with Crippen LogP contribution in [0.15, 0.2) is 29.3 Å². The van der Waals surface area contributed by atoms with Gasteiger partial charge in [0, 0.05) is 31.9 Å². The van der Waals surface area contributed by atoms with Gasteiger partial charge in [-0.15, -0.1) is 0 Å². The molecule has 2 aromatic rings. The second kappa shape index (κ2) is 12.0. The van der Waals surface area contributed by atoms with Gasteiger partial charge in [0.2, 0.25) is 5.91 Å². The number of hydrogen-bond acceptors (Lipinski definition) is 7. The van der Waals surface area contributed by atoms with Crippen LogP contribution >= 0.6 is 0 Å². The second-order valence-electron chi connectivity index (χ2n) is 9.79. The third-order valence-corrected chi connectivity index (χ3v) is 6.95. The van der Waals surface area contributed by atoms with Crippen LogP contribution in [0.1, 0.15) is 50.2 Å². The lowest BCUT2D eigenvalue weighted by atomic mass is 10.0. The van der Waals surface area contributed by atoms with Gasteiger partial charge in [0.25, 0.3) is 5.56 Å². The van der Waals surface area contributed by atoms with E-state index in [4.69, 9.17) is 9.47 Å². The fourth-order valence-electron chi connectivity index (χ4n) is 5.01. The van der Waals surface area contributed by atoms with E-state index in [1.165, 1.54) is 6.07 Å². The first-order chi connectivity index (χ1) is 18.9. The molecule has 2 aliphatic heterocycles. The topological polar surface area (TPSA) is 101 Å². The quantitative estimate of drug-likeness (QED) is 0.473. The molecule has 220 valence electrons. The summed E-state index contributed by atoms with van der Waals surface area (Å²) < 4.78 is 89.4. The van der Waals surface area contributed by atoms with Gasteiger partial charge in [-0.3, -0.25) is 9.59 Å². The fraction of sp³-hybridized carbons (Fsp3) is 0.600. The molecule has 4 rings (SSSR count).